The highest BCUT2D eigenvalue weighted by molar-refractivity contribution is 5.69. The quantitative estimate of drug-likeness (QED) is 0.196. The summed E-state index contributed by atoms with van der Waals surface area (Å²) in [5.41, 5.74) is 2.91. The van der Waals surface area contributed by atoms with Crippen molar-refractivity contribution in [2.75, 3.05) is 27.9 Å². The molecule has 8 nitrogen and oxygen atoms in total. The summed E-state index contributed by atoms with van der Waals surface area (Å²) in [5.74, 6) is 3.50. The molecule has 0 bridgehead atoms. The molecular weight excluding hydrogens is 466 g/mol. The highest BCUT2D eigenvalue weighted by atomic mass is 16.5. The van der Waals surface area contributed by atoms with Crippen LogP contribution in [0.2, 0.25) is 0 Å². The number of aryl methyl sites for hydroxylation is 2. The van der Waals surface area contributed by atoms with Crippen molar-refractivity contribution in [2.24, 2.45) is 0 Å². The Kier molecular flexibility index (Phi) is 9.10. The summed E-state index contributed by atoms with van der Waals surface area (Å²) in [6, 6.07) is 6.08. The predicted molar refractivity (Wildman–Crippen MR) is 146 cm³/mol. The Hall–Kier alpha value is -3.91. The highest BCUT2D eigenvalue weighted by Crippen LogP contribution is 2.28. The van der Waals surface area contributed by atoms with Crippen LogP contribution in [0.1, 0.15) is 48.1 Å². The molecule has 1 atom stereocenters. The van der Waals surface area contributed by atoms with Crippen LogP contribution in [0.4, 0.5) is 0 Å². The molecule has 194 valence electrons. The minimum absolute atomic E-state index is 0.216. The van der Waals surface area contributed by atoms with Crippen molar-refractivity contribution < 1.29 is 14.2 Å². The van der Waals surface area contributed by atoms with Gasteiger partial charge in [0.2, 0.25) is 0 Å². The monoisotopic (exact) mass is 501 g/mol. The zero-order valence-corrected chi connectivity index (χ0v) is 22.0. The van der Waals surface area contributed by atoms with Crippen LogP contribution < -0.4 is 4.74 Å². The van der Waals surface area contributed by atoms with E-state index in [9.17, 15) is 0 Å². The number of hydrogen-bond acceptors (Lipinski definition) is 6. The second-order valence-electron chi connectivity index (χ2n) is 8.83. The van der Waals surface area contributed by atoms with Gasteiger partial charge in [-0.25, -0.2) is 14.6 Å². The summed E-state index contributed by atoms with van der Waals surface area (Å²) in [7, 11) is 5.06. The molecule has 0 saturated heterocycles. The SMILES string of the molecule is COCC\C=C/C(=C\C=C\C1CCCn2nc(/C=C/c3ccc(-n4cnc(C)c4)c(OC)c3)nc21)OC. The van der Waals surface area contributed by atoms with Crippen LogP contribution in [0.15, 0.2) is 66.9 Å². The first-order valence-corrected chi connectivity index (χ1v) is 12.5. The topological polar surface area (TPSA) is 76.2 Å². The van der Waals surface area contributed by atoms with E-state index in [1.807, 2.05) is 71.0 Å². The Bertz CT molecular complexity index is 1300. The number of hydrogen-bond donors (Lipinski definition) is 0. The second-order valence-corrected chi connectivity index (χ2v) is 8.83. The van der Waals surface area contributed by atoms with Crippen molar-refractivity contribution in [3.8, 4) is 11.4 Å². The van der Waals surface area contributed by atoms with E-state index in [2.05, 4.69) is 17.1 Å². The first kappa shape index (κ1) is 26.2. The smallest absolute Gasteiger partial charge is 0.174 e. The molecule has 3 aromatic rings. The van der Waals surface area contributed by atoms with Gasteiger partial charge < -0.3 is 18.8 Å². The number of allylic oxidation sites excluding steroid dienone is 4. The Labute approximate surface area is 218 Å². The van der Waals surface area contributed by atoms with Crippen LogP contribution in [0, 0.1) is 6.92 Å². The summed E-state index contributed by atoms with van der Waals surface area (Å²) in [6.07, 6.45) is 20.9. The lowest BCUT2D eigenvalue weighted by molar-refractivity contribution is 0.204. The molecule has 8 heteroatoms. The van der Waals surface area contributed by atoms with E-state index in [4.69, 9.17) is 24.3 Å². The van der Waals surface area contributed by atoms with E-state index < -0.39 is 0 Å². The van der Waals surface area contributed by atoms with Gasteiger partial charge in [0.05, 0.1) is 31.9 Å². The maximum absolute atomic E-state index is 5.63. The summed E-state index contributed by atoms with van der Waals surface area (Å²) in [5, 5.41) is 4.72. The average molecular weight is 502 g/mol. The van der Waals surface area contributed by atoms with E-state index in [0.29, 0.717) is 12.4 Å². The van der Waals surface area contributed by atoms with Crippen LogP contribution in [0.5, 0.6) is 5.75 Å². The van der Waals surface area contributed by atoms with Crippen molar-refractivity contribution in [2.45, 2.75) is 38.6 Å². The zero-order chi connectivity index (χ0) is 26.0. The standard InChI is InChI=1S/C29H35N5O3/c1-22-20-33(21-30-22)26-15-13-23(19-27(26)37-4)14-16-28-31-29-24(10-8-17-34(29)32-28)9-7-12-25(36-3)11-5-6-18-35-2/h5,7,9,11-16,19-21,24H,6,8,10,17-18H2,1-4H3/b9-7+,11-5-,16-14+,25-12+. The van der Waals surface area contributed by atoms with Crippen molar-refractivity contribution in [3.63, 3.8) is 0 Å². The van der Waals surface area contributed by atoms with Crippen molar-refractivity contribution >= 4 is 12.2 Å². The zero-order valence-electron chi connectivity index (χ0n) is 22.0. The molecule has 37 heavy (non-hydrogen) atoms. The van der Waals surface area contributed by atoms with E-state index >= 15 is 0 Å². The Morgan fingerprint density at radius 3 is 2.84 bits per heavy atom. The van der Waals surface area contributed by atoms with E-state index in [0.717, 1.165) is 60.1 Å². The van der Waals surface area contributed by atoms with Gasteiger partial charge in [-0.2, -0.15) is 5.10 Å². The number of imidazole rings is 1. The van der Waals surface area contributed by atoms with Crippen LogP contribution in [-0.2, 0) is 16.0 Å². The minimum atomic E-state index is 0.216. The molecule has 1 aliphatic heterocycles. The summed E-state index contributed by atoms with van der Waals surface area (Å²) < 4.78 is 20.1. The minimum Gasteiger partial charge on any atom is -0.497 e. The van der Waals surface area contributed by atoms with Gasteiger partial charge in [0.1, 0.15) is 17.3 Å². The predicted octanol–water partition coefficient (Wildman–Crippen LogP) is 5.51. The van der Waals surface area contributed by atoms with Gasteiger partial charge in [-0.3, -0.25) is 0 Å². The first-order chi connectivity index (χ1) is 18.1. The fraction of sp³-hybridized carbons (Fsp3) is 0.345. The molecular formula is C29H35N5O3. The van der Waals surface area contributed by atoms with Gasteiger partial charge in [0.25, 0.3) is 0 Å². The third-order valence-corrected chi connectivity index (χ3v) is 6.16. The maximum atomic E-state index is 5.63. The normalized spacial score (nSPS) is 16.2. The number of rotatable bonds is 11. The number of aromatic nitrogens is 5. The second kappa shape index (κ2) is 12.9. The van der Waals surface area contributed by atoms with Gasteiger partial charge in [0.15, 0.2) is 5.82 Å². The van der Waals surface area contributed by atoms with E-state index in [1.54, 1.807) is 27.7 Å². The van der Waals surface area contributed by atoms with Crippen molar-refractivity contribution in [1.29, 1.82) is 0 Å². The van der Waals surface area contributed by atoms with Gasteiger partial charge in [-0.15, -0.1) is 0 Å². The molecule has 0 saturated carbocycles. The molecule has 0 aliphatic carbocycles. The van der Waals surface area contributed by atoms with E-state index in [1.165, 1.54) is 0 Å². The van der Waals surface area contributed by atoms with Crippen LogP contribution in [0.3, 0.4) is 0 Å². The van der Waals surface area contributed by atoms with Crippen LogP contribution >= 0.6 is 0 Å². The molecule has 3 heterocycles. The molecule has 1 aromatic carbocycles. The molecule has 0 fully saturated rings. The summed E-state index contributed by atoms with van der Waals surface area (Å²) in [6.45, 7) is 3.55. The number of benzene rings is 1. The number of nitrogens with zero attached hydrogens (tertiary/aromatic N) is 5. The summed E-state index contributed by atoms with van der Waals surface area (Å²) in [4.78, 5) is 9.14. The number of fused-ring (bicyclic) bond motifs is 1. The molecule has 0 amide bonds. The maximum Gasteiger partial charge on any atom is 0.174 e. The Balaban J connectivity index is 1.46. The molecule has 1 unspecified atom stereocenters. The Morgan fingerprint density at radius 1 is 1.19 bits per heavy atom. The molecule has 0 spiro atoms. The lowest BCUT2D eigenvalue weighted by Crippen LogP contribution is -2.15. The van der Waals surface area contributed by atoms with Gasteiger partial charge in [-0.05, 0) is 62.1 Å². The highest BCUT2D eigenvalue weighted by Gasteiger charge is 2.21. The number of methoxy groups -OCH3 is 3. The van der Waals surface area contributed by atoms with Crippen LogP contribution in [0.25, 0.3) is 17.8 Å². The van der Waals surface area contributed by atoms with Crippen LogP contribution in [-0.4, -0.2) is 52.3 Å². The lowest BCUT2D eigenvalue weighted by atomic mass is 9.98. The Morgan fingerprint density at radius 2 is 2.08 bits per heavy atom. The molecule has 2 aromatic heterocycles. The molecule has 4 rings (SSSR count). The van der Waals surface area contributed by atoms with Crippen molar-refractivity contribution in [3.05, 3.63) is 89.8 Å². The largest absolute Gasteiger partial charge is 0.497 e. The molecule has 0 N–H and O–H groups in total. The fourth-order valence-corrected chi connectivity index (χ4v) is 4.25. The van der Waals surface area contributed by atoms with Gasteiger partial charge >= 0.3 is 0 Å². The van der Waals surface area contributed by atoms with Gasteiger partial charge in [0, 0.05) is 32.4 Å². The lowest BCUT2D eigenvalue weighted by Gasteiger charge is -2.18. The number of ether oxygens (including phenoxy) is 3. The summed E-state index contributed by atoms with van der Waals surface area (Å²) >= 11 is 0. The molecule has 0 radical (unpaired) electrons. The third-order valence-electron chi connectivity index (χ3n) is 6.16. The van der Waals surface area contributed by atoms with E-state index in [-0.39, 0.29) is 5.92 Å². The molecule has 1 aliphatic rings. The van der Waals surface area contributed by atoms with Gasteiger partial charge in [-0.1, -0.05) is 30.4 Å². The third kappa shape index (κ3) is 6.86. The fourth-order valence-electron chi connectivity index (χ4n) is 4.25. The van der Waals surface area contributed by atoms with Crippen molar-refractivity contribution in [1.82, 2.24) is 24.3 Å². The average Bonchev–Trinajstić information content (AvgIpc) is 3.55. The first-order valence-electron chi connectivity index (χ1n) is 12.5.